The summed E-state index contributed by atoms with van der Waals surface area (Å²) in [5.74, 6) is 0.345. The van der Waals surface area contributed by atoms with Crippen LogP contribution in [0.25, 0.3) is 10.9 Å². The summed E-state index contributed by atoms with van der Waals surface area (Å²) in [5.41, 5.74) is 2.64. The van der Waals surface area contributed by atoms with Crippen LogP contribution in [0.2, 0.25) is 0 Å². The van der Waals surface area contributed by atoms with Crippen LogP contribution in [0.4, 0.5) is 0 Å². The molecule has 1 amide bonds. The van der Waals surface area contributed by atoms with Crippen LogP contribution in [0.15, 0.2) is 30.3 Å². The molecule has 2 bridgehead atoms. The van der Waals surface area contributed by atoms with E-state index in [1.807, 2.05) is 30.3 Å². The van der Waals surface area contributed by atoms with Gasteiger partial charge in [-0.2, -0.15) is 0 Å². The van der Waals surface area contributed by atoms with Crippen molar-refractivity contribution in [2.24, 2.45) is 0 Å². The molecule has 2 atom stereocenters. The number of amides is 1. The minimum absolute atomic E-state index is 0.0433. The van der Waals surface area contributed by atoms with Gasteiger partial charge in [-0.15, -0.1) is 0 Å². The Bertz CT molecular complexity index is 759. The lowest BCUT2D eigenvalue weighted by molar-refractivity contribution is 0.0925. The van der Waals surface area contributed by atoms with Gasteiger partial charge in [0.25, 0.3) is 5.91 Å². The van der Waals surface area contributed by atoms with E-state index in [-0.39, 0.29) is 11.9 Å². The number of benzene rings is 1. The third-order valence-electron chi connectivity index (χ3n) is 5.38. The molecule has 2 aliphatic heterocycles. The molecule has 4 rings (SSSR count). The van der Waals surface area contributed by atoms with E-state index in [0.717, 1.165) is 35.0 Å². The summed E-state index contributed by atoms with van der Waals surface area (Å²) in [7, 11) is 0. The van der Waals surface area contributed by atoms with Crippen LogP contribution in [-0.4, -0.2) is 29.0 Å². The van der Waals surface area contributed by atoms with Crippen molar-refractivity contribution in [3.8, 4) is 0 Å². The third-order valence-corrected chi connectivity index (χ3v) is 5.38. The molecule has 4 heteroatoms. The average molecular weight is 323 g/mol. The zero-order chi connectivity index (χ0) is 16.7. The largest absolute Gasteiger partial charge is 0.349 e. The highest BCUT2D eigenvalue weighted by atomic mass is 16.1. The van der Waals surface area contributed by atoms with E-state index in [4.69, 9.17) is 4.98 Å². The predicted octanol–water partition coefficient (Wildman–Crippen LogP) is 3.37. The zero-order valence-corrected chi connectivity index (χ0v) is 14.4. The summed E-state index contributed by atoms with van der Waals surface area (Å²) in [6.45, 7) is 4.23. The van der Waals surface area contributed by atoms with Gasteiger partial charge in [0, 0.05) is 29.2 Å². The number of fused-ring (bicyclic) bond motifs is 3. The maximum Gasteiger partial charge on any atom is 0.252 e. The average Bonchev–Trinajstić information content (AvgIpc) is 2.92. The zero-order valence-electron chi connectivity index (χ0n) is 14.4. The molecule has 126 valence electrons. The highest BCUT2D eigenvalue weighted by molar-refractivity contribution is 6.06. The summed E-state index contributed by atoms with van der Waals surface area (Å²) >= 11 is 0. The molecular formula is C20H25N3O. The molecule has 2 aromatic rings. The van der Waals surface area contributed by atoms with E-state index in [1.54, 1.807) is 0 Å². The number of hydrogen-bond acceptors (Lipinski definition) is 3. The molecule has 2 N–H and O–H groups in total. The monoisotopic (exact) mass is 323 g/mol. The van der Waals surface area contributed by atoms with Gasteiger partial charge in [0.1, 0.15) is 0 Å². The summed E-state index contributed by atoms with van der Waals surface area (Å²) < 4.78 is 0. The van der Waals surface area contributed by atoms with Gasteiger partial charge in [-0.25, -0.2) is 0 Å². The number of carbonyl (C=O) groups is 1. The van der Waals surface area contributed by atoms with Gasteiger partial charge in [-0.1, -0.05) is 32.0 Å². The van der Waals surface area contributed by atoms with Gasteiger partial charge in [0.15, 0.2) is 0 Å². The standard InChI is InChI=1S/C20H25N3O/c1-12(2)19-11-17(16-5-3-4-6-18(16)23-19)20(24)22-15-9-13-7-8-14(10-15)21-13/h3-6,11-15,21H,7-10H2,1-2H3,(H,22,24). The van der Waals surface area contributed by atoms with Gasteiger partial charge in [0.05, 0.1) is 11.1 Å². The molecule has 0 saturated carbocycles. The van der Waals surface area contributed by atoms with Crippen LogP contribution in [-0.2, 0) is 0 Å². The Hall–Kier alpha value is -1.94. The van der Waals surface area contributed by atoms with Gasteiger partial charge in [-0.3, -0.25) is 9.78 Å². The highest BCUT2D eigenvalue weighted by Gasteiger charge is 2.34. The van der Waals surface area contributed by atoms with Crippen molar-refractivity contribution < 1.29 is 4.79 Å². The van der Waals surface area contributed by atoms with E-state index in [0.29, 0.717) is 18.0 Å². The second kappa shape index (κ2) is 6.17. The second-order valence-electron chi connectivity index (χ2n) is 7.55. The second-order valence-corrected chi connectivity index (χ2v) is 7.55. The summed E-state index contributed by atoms with van der Waals surface area (Å²) in [6, 6.07) is 11.3. The Morgan fingerprint density at radius 3 is 2.62 bits per heavy atom. The molecule has 0 aliphatic carbocycles. The Morgan fingerprint density at radius 1 is 1.21 bits per heavy atom. The molecule has 2 fully saturated rings. The minimum atomic E-state index is 0.0433. The molecule has 3 heterocycles. The maximum atomic E-state index is 13.0. The van der Waals surface area contributed by atoms with Crippen molar-refractivity contribution in [3.05, 3.63) is 41.6 Å². The van der Waals surface area contributed by atoms with E-state index < -0.39 is 0 Å². The molecule has 2 unspecified atom stereocenters. The molecule has 1 aromatic carbocycles. The van der Waals surface area contributed by atoms with Gasteiger partial charge >= 0.3 is 0 Å². The first kappa shape index (κ1) is 15.6. The Kier molecular flexibility index (Phi) is 4.01. The lowest BCUT2D eigenvalue weighted by Crippen LogP contribution is -2.48. The molecule has 0 spiro atoms. The van der Waals surface area contributed by atoms with Crippen LogP contribution in [0.3, 0.4) is 0 Å². The highest BCUT2D eigenvalue weighted by Crippen LogP contribution is 2.28. The molecule has 4 nitrogen and oxygen atoms in total. The van der Waals surface area contributed by atoms with Crippen molar-refractivity contribution in [1.29, 1.82) is 0 Å². The van der Waals surface area contributed by atoms with Gasteiger partial charge in [-0.05, 0) is 43.7 Å². The molecule has 1 aromatic heterocycles. The molecule has 0 radical (unpaired) electrons. The smallest absolute Gasteiger partial charge is 0.252 e. The molecule has 24 heavy (non-hydrogen) atoms. The Labute approximate surface area is 143 Å². The van der Waals surface area contributed by atoms with Gasteiger partial charge < -0.3 is 10.6 Å². The quantitative estimate of drug-likeness (QED) is 0.910. The molecule has 2 aliphatic rings. The van der Waals surface area contributed by atoms with Crippen LogP contribution in [0, 0.1) is 0 Å². The number of carbonyl (C=O) groups excluding carboxylic acids is 1. The first-order valence-corrected chi connectivity index (χ1v) is 9.06. The fourth-order valence-corrected chi connectivity index (χ4v) is 4.12. The van der Waals surface area contributed by atoms with Crippen molar-refractivity contribution in [2.75, 3.05) is 0 Å². The van der Waals surface area contributed by atoms with Crippen LogP contribution >= 0.6 is 0 Å². The lowest BCUT2D eigenvalue weighted by Gasteiger charge is -2.29. The van der Waals surface area contributed by atoms with Crippen LogP contribution in [0.5, 0.6) is 0 Å². The summed E-state index contributed by atoms with van der Waals surface area (Å²) in [5, 5.41) is 7.85. The molecule has 2 saturated heterocycles. The topological polar surface area (TPSA) is 54.0 Å². The van der Waals surface area contributed by atoms with Crippen LogP contribution in [0.1, 0.15) is 61.5 Å². The normalized spacial score (nSPS) is 26.0. The first-order chi connectivity index (χ1) is 11.6. The van der Waals surface area contributed by atoms with Crippen LogP contribution < -0.4 is 10.6 Å². The van der Waals surface area contributed by atoms with E-state index in [1.165, 1.54) is 12.8 Å². The number of piperidine rings is 1. The van der Waals surface area contributed by atoms with Crippen molar-refractivity contribution in [2.45, 2.75) is 63.6 Å². The molecular weight excluding hydrogens is 298 g/mol. The van der Waals surface area contributed by atoms with E-state index >= 15 is 0 Å². The Balaban J connectivity index is 1.63. The SMILES string of the molecule is CC(C)c1cc(C(=O)NC2CC3CCC(C2)N3)c2ccccc2n1. The minimum Gasteiger partial charge on any atom is -0.349 e. The van der Waals surface area contributed by atoms with Crippen molar-refractivity contribution in [1.82, 2.24) is 15.6 Å². The number of nitrogens with zero attached hydrogens (tertiary/aromatic N) is 1. The third kappa shape index (κ3) is 2.91. The van der Waals surface area contributed by atoms with Crippen molar-refractivity contribution >= 4 is 16.8 Å². The number of para-hydroxylation sites is 1. The fraction of sp³-hybridized carbons (Fsp3) is 0.500. The lowest BCUT2D eigenvalue weighted by atomic mass is 9.98. The number of pyridine rings is 1. The number of aromatic nitrogens is 1. The van der Waals surface area contributed by atoms with E-state index in [9.17, 15) is 4.79 Å². The predicted molar refractivity (Wildman–Crippen MR) is 96.3 cm³/mol. The Morgan fingerprint density at radius 2 is 1.92 bits per heavy atom. The maximum absolute atomic E-state index is 13.0. The van der Waals surface area contributed by atoms with Crippen molar-refractivity contribution in [3.63, 3.8) is 0 Å². The number of nitrogens with one attached hydrogen (secondary N) is 2. The summed E-state index contributed by atoms with van der Waals surface area (Å²) in [6.07, 6.45) is 4.57. The summed E-state index contributed by atoms with van der Waals surface area (Å²) in [4.78, 5) is 17.7. The first-order valence-electron chi connectivity index (χ1n) is 9.06. The van der Waals surface area contributed by atoms with E-state index in [2.05, 4.69) is 24.5 Å². The van der Waals surface area contributed by atoms with Gasteiger partial charge in [0.2, 0.25) is 0 Å². The number of hydrogen-bond donors (Lipinski definition) is 2. The fourth-order valence-electron chi connectivity index (χ4n) is 4.12. The number of rotatable bonds is 3.